The number of nitrogens with one attached hydrogen (secondary N) is 2. The molecule has 0 aromatic heterocycles. The predicted octanol–water partition coefficient (Wildman–Crippen LogP) is -0.214. The number of aryl methyl sites for hydroxylation is 1. The van der Waals surface area contributed by atoms with Crippen molar-refractivity contribution < 1.29 is 18.0 Å². The Bertz CT molecular complexity index is 890. The number of sulfonamides is 1. The highest BCUT2D eigenvalue weighted by molar-refractivity contribution is 7.89. The second-order valence-corrected chi connectivity index (χ2v) is 9.46. The summed E-state index contributed by atoms with van der Waals surface area (Å²) in [5.41, 5.74) is 2.00. The summed E-state index contributed by atoms with van der Waals surface area (Å²) in [6.07, 6.45) is 2.15. The van der Waals surface area contributed by atoms with E-state index in [0.717, 1.165) is 37.1 Å². The predicted molar refractivity (Wildman–Crippen MR) is 110 cm³/mol. The fraction of sp³-hybridized carbons (Fsp3) is 0.579. The molecule has 1 aliphatic heterocycles. The number of piperazine rings is 1. The van der Waals surface area contributed by atoms with Gasteiger partial charge in [-0.1, -0.05) is 0 Å². The van der Waals surface area contributed by atoms with Crippen LogP contribution in [0.3, 0.4) is 0 Å². The maximum Gasteiger partial charge on any atom is 0.238 e. The third-order valence-corrected chi connectivity index (χ3v) is 6.28. The lowest BCUT2D eigenvalue weighted by Gasteiger charge is -2.33. The smallest absolute Gasteiger partial charge is 0.238 e. The van der Waals surface area contributed by atoms with Crippen LogP contribution >= 0.6 is 0 Å². The number of carbonyl (C=O) groups excluding carboxylic acids is 2. The van der Waals surface area contributed by atoms with Crippen molar-refractivity contribution in [3.8, 4) is 0 Å². The lowest BCUT2D eigenvalue weighted by atomic mass is 10.1. The average Bonchev–Trinajstić information content (AvgIpc) is 3.43. The molecule has 29 heavy (non-hydrogen) atoms. The Morgan fingerprint density at radius 3 is 2.10 bits per heavy atom. The van der Waals surface area contributed by atoms with Gasteiger partial charge in [0.1, 0.15) is 0 Å². The lowest BCUT2D eigenvalue weighted by molar-refractivity contribution is -0.123. The Hall–Kier alpha value is -2.01. The minimum Gasteiger partial charge on any atom is -0.352 e. The zero-order valence-electron chi connectivity index (χ0n) is 16.9. The molecule has 1 saturated heterocycles. The van der Waals surface area contributed by atoms with Crippen LogP contribution in [0.5, 0.6) is 0 Å². The highest BCUT2D eigenvalue weighted by atomic mass is 32.2. The van der Waals surface area contributed by atoms with E-state index in [1.807, 2.05) is 11.8 Å². The number of carbonyl (C=O) groups is 2. The molecule has 9 nitrogen and oxygen atoms in total. The van der Waals surface area contributed by atoms with Crippen LogP contribution < -0.4 is 15.8 Å². The average molecular weight is 424 g/mol. The Kier molecular flexibility index (Phi) is 6.57. The maximum absolute atomic E-state index is 12.5. The summed E-state index contributed by atoms with van der Waals surface area (Å²) in [7, 11) is -3.85. The van der Waals surface area contributed by atoms with Crippen LogP contribution in [0.25, 0.3) is 0 Å². The molecule has 0 bridgehead atoms. The molecule has 2 aliphatic rings. The molecule has 1 aromatic carbocycles. The van der Waals surface area contributed by atoms with Crippen LogP contribution in [0.4, 0.5) is 5.69 Å². The van der Waals surface area contributed by atoms with Crippen molar-refractivity contribution in [1.82, 2.24) is 15.1 Å². The number of hydrogen-bond acceptors (Lipinski definition) is 6. The number of amides is 2. The van der Waals surface area contributed by atoms with Gasteiger partial charge in [0.05, 0.1) is 18.0 Å². The molecule has 2 fully saturated rings. The van der Waals surface area contributed by atoms with Gasteiger partial charge in [0.2, 0.25) is 21.8 Å². The molecule has 1 heterocycles. The Labute approximate surface area is 171 Å². The van der Waals surface area contributed by atoms with E-state index in [4.69, 9.17) is 5.14 Å². The number of primary sulfonamides is 1. The second kappa shape index (κ2) is 8.78. The van der Waals surface area contributed by atoms with Crippen LogP contribution in [0.1, 0.15) is 24.0 Å². The Morgan fingerprint density at radius 2 is 1.59 bits per heavy atom. The number of nitrogens with two attached hydrogens (primary N) is 1. The summed E-state index contributed by atoms with van der Waals surface area (Å²) < 4.78 is 23.3. The topological polar surface area (TPSA) is 125 Å². The first-order valence-electron chi connectivity index (χ1n) is 9.80. The van der Waals surface area contributed by atoms with Gasteiger partial charge in [-0.3, -0.25) is 19.4 Å². The van der Waals surface area contributed by atoms with E-state index in [2.05, 4.69) is 15.5 Å². The number of rotatable bonds is 7. The molecule has 10 heteroatoms. The fourth-order valence-electron chi connectivity index (χ4n) is 3.32. The molecule has 3 rings (SSSR count). The lowest BCUT2D eigenvalue weighted by Crippen LogP contribution is -2.51. The minimum absolute atomic E-state index is 0.0195. The molecule has 0 spiro atoms. The minimum atomic E-state index is -3.85. The molecule has 1 aromatic rings. The van der Waals surface area contributed by atoms with Gasteiger partial charge in [-0.25, -0.2) is 13.6 Å². The van der Waals surface area contributed by atoms with E-state index in [-0.39, 0.29) is 23.3 Å². The van der Waals surface area contributed by atoms with E-state index < -0.39 is 10.0 Å². The summed E-state index contributed by atoms with van der Waals surface area (Å²) >= 11 is 0. The number of benzene rings is 1. The molecule has 160 valence electrons. The van der Waals surface area contributed by atoms with Crippen LogP contribution in [0.2, 0.25) is 0 Å². The van der Waals surface area contributed by atoms with Crippen molar-refractivity contribution in [3.63, 3.8) is 0 Å². The van der Waals surface area contributed by atoms with Gasteiger partial charge in [-0.2, -0.15) is 0 Å². The Morgan fingerprint density at radius 1 is 1.03 bits per heavy atom. The van der Waals surface area contributed by atoms with Gasteiger partial charge in [-0.05, 0) is 49.9 Å². The molecule has 1 saturated carbocycles. The first-order valence-corrected chi connectivity index (χ1v) is 11.3. The molecule has 0 atom stereocenters. The summed E-state index contributed by atoms with van der Waals surface area (Å²) in [6, 6.07) is 3.26. The Balaban J connectivity index is 1.50. The van der Waals surface area contributed by atoms with Gasteiger partial charge in [-0.15, -0.1) is 0 Å². The van der Waals surface area contributed by atoms with Crippen LogP contribution in [-0.2, 0) is 19.6 Å². The zero-order chi connectivity index (χ0) is 21.2. The number of nitrogens with zero attached hydrogens (tertiary/aromatic N) is 2. The molecule has 0 unspecified atom stereocenters. The first kappa shape index (κ1) is 21.7. The highest BCUT2D eigenvalue weighted by Gasteiger charge is 2.25. The number of hydrogen-bond donors (Lipinski definition) is 3. The monoisotopic (exact) mass is 423 g/mol. The summed E-state index contributed by atoms with van der Waals surface area (Å²) in [5, 5.41) is 11.0. The molecule has 2 amide bonds. The second-order valence-electron chi connectivity index (χ2n) is 7.90. The van der Waals surface area contributed by atoms with Crippen molar-refractivity contribution in [2.75, 3.05) is 44.6 Å². The van der Waals surface area contributed by atoms with Crippen molar-refractivity contribution >= 4 is 27.5 Å². The maximum atomic E-state index is 12.5. The van der Waals surface area contributed by atoms with Crippen LogP contribution in [-0.4, -0.2) is 75.3 Å². The molecule has 1 aliphatic carbocycles. The molecular formula is C19H29N5O4S. The third kappa shape index (κ3) is 6.23. The van der Waals surface area contributed by atoms with Crippen LogP contribution in [0.15, 0.2) is 17.0 Å². The fourth-order valence-corrected chi connectivity index (χ4v) is 3.95. The van der Waals surface area contributed by atoms with Gasteiger partial charge < -0.3 is 10.6 Å². The normalized spacial score (nSPS) is 18.4. The van der Waals surface area contributed by atoms with Gasteiger partial charge in [0.25, 0.3) is 0 Å². The van der Waals surface area contributed by atoms with Crippen molar-refractivity contribution in [3.05, 3.63) is 23.3 Å². The largest absolute Gasteiger partial charge is 0.352 e. The van der Waals surface area contributed by atoms with Crippen molar-refractivity contribution in [2.45, 2.75) is 37.6 Å². The van der Waals surface area contributed by atoms with E-state index in [9.17, 15) is 18.0 Å². The molecule has 0 radical (unpaired) electrons. The summed E-state index contributed by atoms with van der Waals surface area (Å²) in [5.74, 6) is -0.140. The van der Waals surface area contributed by atoms with E-state index in [0.29, 0.717) is 31.4 Å². The van der Waals surface area contributed by atoms with Crippen LogP contribution in [0, 0.1) is 13.8 Å². The third-order valence-electron chi connectivity index (χ3n) is 5.39. The number of anilines is 1. The quantitative estimate of drug-likeness (QED) is 0.557. The standard InChI is InChI=1S/C19H29N5O4S/c1-13-9-16(29(20,27)28)10-17(14(13)2)22-19(26)12-24-7-5-23(6-8-24)11-18(25)21-15-3-4-15/h9-10,15H,3-8,11-12H2,1-2H3,(H,21,25)(H,22,26)(H2,20,27,28). The summed E-state index contributed by atoms with van der Waals surface area (Å²) in [6.45, 7) is 7.05. The van der Waals surface area contributed by atoms with Gasteiger partial charge in [0, 0.05) is 37.9 Å². The van der Waals surface area contributed by atoms with Crippen molar-refractivity contribution in [1.29, 1.82) is 0 Å². The van der Waals surface area contributed by atoms with Gasteiger partial charge >= 0.3 is 0 Å². The van der Waals surface area contributed by atoms with Gasteiger partial charge in [0.15, 0.2) is 0 Å². The van der Waals surface area contributed by atoms with E-state index >= 15 is 0 Å². The zero-order valence-corrected chi connectivity index (χ0v) is 17.7. The van der Waals surface area contributed by atoms with E-state index in [1.54, 1.807) is 6.92 Å². The summed E-state index contributed by atoms with van der Waals surface area (Å²) in [4.78, 5) is 28.5. The first-order chi connectivity index (χ1) is 13.6. The van der Waals surface area contributed by atoms with E-state index in [1.165, 1.54) is 12.1 Å². The SMILES string of the molecule is Cc1cc(S(N)(=O)=O)cc(NC(=O)CN2CCN(CC(=O)NC3CC3)CC2)c1C. The van der Waals surface area contributed by atoms with Crippen molar-refractivity contribution in [2.24, 2.45) is 5.14 Å². The highest BCUT2D eigenvalue weighted by Crippen LogP contribution is 2.23. The molecular weight excluding hydrogens is 394 g/mol. The molecule has 4 N–H and O–H groups in total.